The minimum atomic E-state index is -1.60. The van der Waals surface area contributed by atoms with Gasteiger partial charge in [0.15, 0.2) is 17.1 Å². The molecular formula is C24H19BrN2O4. The summed E-state index contributed by atoms with van der Waals surface area (Å²) in [5.41, 5.74) is 0.562. The number of nitrogens with zero attached hydrogens (tertiary/aromatic N) is 2. The predicted octanol–water partition coefficient (Wildman–Crippen LogP) is 3.16. The van der Waals surface area contributed by atoms with Gasteiger partial charge in [0.2, 0.25) is 11.8 Å². The second-order valence-corrected chi connectivity index (χ2v) is 9.70. The van der Waals surface area contributed by atoms with E-state index < -0.39 is 23.3 Å². The standard InChI is InChI=1S/C24H19BrN2O4/c1-12-8-9-16(15(25)11-12)27-22(30)18-17-7-4-10-26(17)24(19(18)23(27)31)20(28)13-5-2-3-6-14(13)21(24)29/h2-3,5-6,8-9,11,17-19H,4,7,10H2,1H3. The van der Waals surface area contributed by atoms with E-state index in [4.69, 9.17) is 0 Å². The van der Waals surface area contributed by atoms with Crippen LogP contribution in [0.15, 0.2) is 46.9 Å². The lowest BCUT2D eigenvalue weighted by Crippen LogP contribution is -2.59. The third-order valence-corrected chi connectivity index (χ3v) is 8.06. The maximum Gasteiger partial charge on any atom is 0.240 e. The molecule has 7 heteroatoms. The Morgan fingerprint density at radius 3 is 2.29 bits per heavy atom. The highest BCUT2D eigenvalue weighted by atomic mass is 79.9. The molecule has 2 aromatic rings. The minimum Gasteiger partial charge on any atom is -0.291 e. The van der Waals surface area contributed by atoms with Gasteiger partial charge in [-0.15, -0.1) is 0 Å². The van der Waals surface area contributed by atoms with Crippen LogP contribution in [0, 0.1) is 18.8 Å². The number of anilines is 1. The Morgan fingerprint density at radius 1 is 0.968 bits per heavy atom. The van der Waals surface area contributed by atoms with Crippen LogP contribution < -0.4 is 4.90 Å². The molecule has 0 bridgehead atoms. The topological polar surface area (TPSA) is 74.8 Å². The second-order valence-electron chi connectivity index (χ2n) is 8.84. The monoisotopic (exact) mass is 478 g/mol. The van der Waals surface area contributed by atoms with Crippen LogP contribution in [0.1, 0.15) is 39.1 Å². The fraction of sp³-hybridized carbons (Fsp3) is 0.333. The Balaban J connectivity index is 1.55. The van der Waals surface area contributed by atoms with Crippen molar-refractivity contribution in [3.05, 3.63) is 63.6 Å². The molecule has 1 aliphatic carbocycles. The molecule has 4 aliphatic rings. The van der Waals surface area contributed by atoms with Gasteiger partial charge in [0.1, 0.15) is 0 Å². The molecule has 3 unspecified atom stereocenters. The number of carbonyl (C=O) groups is 4. The van der Waals surface area contributed by atoms with E-state index >= 15 is 0 Å². The molecular weight excluding hydrogens is 460 g/mol. The maximum atomic E-state index is 13.8. The van der Waals surface area contributed by atoms with Gasteiger partial charge in [0.05, 0.1) is 17.5 Å². The number of fused-ring (bicyclic) bond motifs is 6. The van der Waals surface area contributed by atoms with Crippen LogP contribution in [0.5, 0.6) is 0 Å². The molecule has 156 valence electrons. The van der Waals surface area contributed by atoms with E-state index in [9.17, 15) is 19.2 Å². The second kappa shape index (κ2) is 6.20. The van der Waals surface area contributed by atoms with E-state index in [2.05, 4.69) is 15.9 Å². The molecule has 0 saturated carbocycles. The van der Waals surface area contributed by atoms with E-state index in [0.717, 1.165) is 12.0 Å². The Morgan fingerprint density at radius 2 is 1.65 bits per heavy atom. The quantitative estimate of drug-likeness (QED) is 0.464. The van der Waals surface area contributed by atoms with E-state index in [1.165, 1.54) is 4.90 Å². The Hall–Kier alpha value is -2.64. The summed E-state index contributed by atoms with van der Waals surface area (Å²) in [6.45, 7) is 2.47. The van der Waals surface area contributed by atoms with Crippen molar-refractivity contribution in [2.75, 3.05) is 11.4 Å². The highest BCUT2D eigenvalue weighted by Gasteiger charge is 2.76. The van der Waals surface area contributed by atoms with Crippen molar-refractivity contribution in [1.82, 2.24) is 4.90 Å². The van der Waals surface area contributed by atoms with Crippen LogP contribution in [0.25, 0.3) is 0 Å². The summed E-state index contributed by atoms with van der Waals surface area (Å²) < 4.78 is 0.638. The summed E-state index contributed by atoms with van der Waals surface area (Å²) in [5, 5.41) is 0. The molecule has 31 heavy (non-hydrogen) atoms. The molecule has 3 fully saturated rings. The number of Topliss-reactive ketones (excluding diaryl/α,β-unsaturated/α-hetero) is 2. The lowest BCUT2D eigenvalue weighted by molar-refractivity contribution is -0.124. The molecule has 0 N–H and O–H groups in total. The zero-order valence-corrected chi connectivity index (χ0v) is 18.4. The first-order valence-corrected chi connectivity index (χ1v) is 11.3. The fourth-order valence-electron chi connectivity index (χ4n) is 6.27. The van der Waals surface area contributed by atoms with Gasteiger partial charge in [0, 0.05) is 21.6 Å². The molecule has 6 nitrogen and oxygen atoms in total. The summed E-state index contributed by atoms with van der Waals surface area (Å²) >= 11 is 3.48. The van der Waals surface area contributed by atoms with Gasteiger partial charge in [-0.1, -0.05) is 30.3 Å². The van der Waals surface area contributed by atoms with Crippen molar-refractivity contribution in [3.63, 3.8) is 0 Å². The van der Waals surface area contributed by atoms with Gasteiger partial charge in [-0.05, 0) is 59.9 Å². The SMILES string of the molecule is Cc1ccc(N2C(=O)C3C4CCCN4C4(C(=O)c5ccccc5C4=O)C3C2=O)c(Br)c1. The molecule has 3 saturated heterocycles. The van der Waals surface area contributed by atoms with Crippen LogP contribution in [-0.4, -0.2) is 46.4 Å². The predicted molar refractivity (Wildman–Crippen MR) is 116 cm³/mol. The average molecular weight is 479 g/mol. The molecule has 3 aliphatic heterocycles. The number of imide groups is 1. The lowest BCUT2D eigenvalue weighted by atomic mass is 9.76. The lowest BCUT2D eigenvalue weighted by Gasteiger charge is -2.35. The van der Waals surface area contributed by atoms with Gasteiger partial charge in [-0.3, -0.25) is 24.1 Å². The van der Waals surface area contributed by atoms with Crippen molar-refractivity contribution < 1.29 is 19.2 Å². The summed E-state index contributed by atoms with van der Waals surface area (Å²) in [6.07, 6.45) is 1.49. The largest absolute Gasteiger partial charge is 0.291 e. The number of aryl methyl sites for hydroxylation is 1. The number of amides is 2. The number of hydrogen-bond acceptors (Lipinski definition) is 5. The van der Waals surface area contributed by atoms with E-state index in [1.54, 1.807) is 30.3 Å². The average Bonchev–Trinajstić information content (AvgIpc) is 3.44. The first-order valence-electron chi connectivity index (χ1n) is 10.5. The number of hydrogen-bond donors (Lipinski definition) is 0. The van der Waals surface area contributed by atoms with Crippen molar-refractivity contribution in [2.24, 2.45) is 11.8 Å². The normalized spacial score (nSPS) is 28.6. The summed E-state index contributed by atoms with van der Waals surface area (Å²) in [7, 11) is 0. The van der Waals surface area contributed by atoms with Gasteiger partial charge >= 0.3 is 0 Å². The number of halogens is 1. The molecule has 3 atom stereocenters. The van der Waals surface area contributed by atoms with Crippen molar-refractivity contribution >= 4 is 45.0 Å². The van der Waals surface area contributed by atoms with Crippen LogP contribution >= 0.6 is 15.9 Å². The Kier molecular flexibility index (Phi) is 3.82. The Bertz CT molecular complexity index is 1190. The summed E-state index contributed by atoms with van der Waals surface area (Å²) in [6, 6.07) is 11.9. The zero-order valence-electron chi connectivity index (χ0n) is 16.8. The van der Waals surface area contributed by atoms with Crippen LogP contribution in [0.4, 0.5) is 5.69 Å². The van der Waals surface area contributed by atoms with E-state index in [1.807, 2.05) is 24.0 Å². The third-order valence-electron chi connectivity index (χ3n) is 7.42. The maximum absolute atomic E-state index is 13.8. The fourth-order valence-corrected chi connectivity index (χ4v) is 6.94. The van der Waals surface area contributed by atoms with Crippen molar-refractivity contribution in [3.8, 4) is 0 Å². The smallest absolute Gasteiger partial charge is 0.240 e. The first-order chi connectivity index (χ1) is 14.9. The molecule has 0 aromatic heterocycles. The van der Waals surface area contributed by atoms with Gasteiger partial charge < -0.3 is 0 Å². The molecule has 3 heterocycles. The van der Waals surface area contributed by atoms with Crippen molar-refractivity contribution in [2.45, 2.75) is 31.3 Å². The molecule has 2 amide bonds. The van der Waals surface area contributed by atoms with E-state index in [-0.39, 0.29) is 23.5 Å². The van der Waals surface area contributed by atoms with Gasteiger partial charge in [-0.2, -0.15) is 0 Å². The minimum absolute atomic E-state index is 0.280. The number of benzene rings is 2. The molecule has 6 rings (SSSR count). The van der Waals surface area contributed by atoms with Crippen LogP contribution in [0.3, 0.4) is 0 Å². The van der Waals surface area contributed by atoms with Crippen LogP contribution in [-0.2, 0) is 9.59 Å². The number of carbonyl (C=O) groups excluding carboxylic acids is 4. The molecule has 0 radical (unpaired) electrons. The van der Waals surface area contributed by atoms with E-state index in [0.29, 0.717) is 34.3 Å². The number of rotatable bonds is 1. The zero-order chi connectivity index (χ0) is 21.7. The Labute approximate surface area is 187 Å². The highest BCUT2D eigenvalue weighted by Crippen LogP contribution is 2.57. The molecule has 2 aromatic carbocycles. The highest BCUT2D eigenvalue weighted by molar-refractivity contribution is 9.10. The van der Waals surface area contributed by atoms with Crippen LogP contribution in [0.2, 0.25) is 0 Å². The third kappa shape index (κ3) is 2.11. The first kappa shape index (κ1) is 19.1. The number of ketones is 2. The summed E-state index contributed by atoms with van der Waals surface area (Å²) in [5.74, 6) is -3.12. The van der Waals surface area contributed by atoms with Gasteiger partial charge in [0.25, 0.3) is 0 Å². The van der Waals surface area contributed by atoms with Crippen molar-refractivity contribution in [1.29, 1.82) is 0 Å². The van der Waals surface area contributed by atoms with Gasteiger partial charge in [-0.25, -0.2) is 4.90 Å². The molecule has 1 spiro atoms. The summed E-state index contributed by atoms with van der Waals surface area (Å²) in [4.78, 5) is 58.1.